The van der Waals surface area contributed by atoms with Gasteiger partial charge in [0.1, 0.15) is 5.01 Å². The van der Waals surface area contributed by atoms with Crippen LogP contribution in [0.5, 0.6) is 0 Å². The number of nitrogens with one attached hydrogen (secondary N) is 1. The fourth-order valence-electron chi connectivity index (χ4n) is 2.12. The normalized spacial score (nSPS) is 19.9. The molecule has 2 rings (SSSR count). The molecule has 0 amide bonds. The summed E-state index contributed by atoms with van der Waals surface area (Å²) >= 11 is 1.78. The van der Waals surface area contributed by atoms with E-state index in [0.717, 1.165) is 44.7 Å². The van der Waals surface area contributed by atoms with Crippen LogP contribution in [0.2, 0.25) is 0 Å². The van der Waals surface area contributed by atoms with Crippen LogP contribution >= 0.6 is 11.3 Å². The summed E-state index contributed by atoms with van der Waals surface area (Å²) in [6.07, 6.45) is 3.24. The zero-order valence-corrected chi connectivity index (χ0v) is 10.9. The van der Waals surface area contributed by atoms with Crippen molar-refractivity contribution in [3.8, 4) is 0 Å². The van der Waals surface area contributed by atoms with Gasteiger partial charge in [-0.2, -0.15) is 0 Å². The first kappa shape index (κ1) is 12.0. The molecule has 0 aromatic carbocycles. The number of aryl methyl sites for hydroxylation is 1. The van der Waals surface area contributed by atoms with Gasteiger partial charge in [0.25, 0.3) is 0 Å². The molecule has 1 aromatic rings. The van der Waals surface area contributed by atoms with Gasteiger partial charge in [-0.25, -0.2) is 4.98 Å². The smallest absolute Gasteiger partial charge is 0.113 e. The van der Waals surface area contributed by atoms with E-state index in [2.05, 4.69) is 29.5 Å². The van der Waals surface area contributed by atoms with Crippen LogP contribution < -0.4 is 5.32 Å². The first-order valence-electron chi connectivity index (χ1n) is 6.02. The van der Waals surface area contributed by atoms with Crippen molar-refractivity contribution in [2.45, 2.75) is 38.6 Å². The van der Waals surface area contributed by atoms with Gasteiger partial charge >= 0.3 is 0 Å². The van der Waals surface area contributed by atoms with Crippen LogP contribution in [0.3, 0.4) is 0 Å². The van der Waals surface area contributed by atoms with Crippen molar-refractivity contribution in [2.75, 3.05) is 19.8 Å². The quantitative estimate of drug-likeness (QED) is 0.878. The summed E-state index contributed by atoms with van der Waals surface area (Å²) in [6, 6.07) is 0. The molecule has 1 aliphatic heterocycles. The predicted octanol–water partition coefficient (Wildman–Crippen LogP) is 2.46. The Morgan fingerprint density at radius 1 is 1.50 bits per heavy atom. The molecule has 0 radical (unpaired) electrons. The molecule has 0 aliphatic carbocycles. The number of rotatable bonds is 4. The van der Waals surface area contributed by atoms with Crippen LogP contribution in [0.15, 0.2) is 5.38 Å². The van der Waals surface area contributed by atoms with E-state index < -0.39 is 0 Å². The molecule has 0 bridgehead atoms. The summed E-state index contributed by atoms with van der Waals surface area (Å²) in [5, 5.41) is 7.06. The molecule has 1 saturated heterocycles. The number of hydrogen-bond acceptors (Lipinski definition) is 4. The van der Waals surface area contributed by atoms with E-state index in [9.17, 15) is 0 Å². The van der Waals surface area contributed by atoms with E-state index in [4.69, 9.17) is 4.74 Å². The fourth-order valence-corrected chi connectivity index (χ4v) is 3.16. The second-order valence-electron chi connectivity index (χ2n) is 4.42. The lowest BCUT2D eigenvalue weighted by Crippen LogP contribution is -2.47. The van der Waals surface area contributed by atoms with Crippen LogP contribution in [0.1, 0.15) is 36.9 Å². The molecule has 1 N–H and O–H groups in total. The Morgan fingerprint density at radius 2 is 2.25 bits per heavy atom. The average molecular weight is 240 g/mol. The standard InChI is InChI=1S/C12H20N2OS/c1-3-6-13-12(4-7-15-8-5-12)11-14-10(2)9-16-11/h9,13H,3-8H2,1-2H3. The van der Waals surface area contributed by atoms with Gasteiger partial charge in [-0.1, -0.05) is 6.92 Å². The summed E-state index contributed by atoms with van der Waals surface area (Å²) < 4.78 is 5.47. The maximum Gasteiger partial charge on any atom is 0.113 e. The zero-order valence-electron chi connectivity index (χ0n) is 10.1. The molecule has 0 unspecified atom stereocenters. The minimum atomic E-state index is 0.0766. The summed E-state index contributed by atoms with van der Waals surface area (Å²) in [7, 11) is 0. The van der Waals surface area contributed by atoms with E-state index in [1.807, 2.05) is 0 Å². The van der Waals surface area contributed by atoms with Crippen LogP contribution in [0.4, 0.5) is 0 Å². The molecule has 0 atom stereocenters. The van der Waals surface area contributed by atoms with Crippen molar-refractivity contribution >= 4 is 11.3 Å². The third kappa shape index (κ3) is 2.44. The predicted molar refractivity (Wildman–Crippen MR) is 66.9 cm³/mol. The van der Waals surface area contributed by atoms with Gasteiger partial charge in [-0.05, 0) is 32.7 Å². The Hall–Kier alpha value is -0.450. The van der Waals surface area contributed by atoms with Gasteiger partial charge in [0.2, 0.25) is 0 Å². The lowest BCUT2D eigenvalue weighted by molar-refractivity contribution is 0.0366. The fraction of sp³-hybridized carbons (Fsp3) is 0.750. The maximum atomic E-state index is 5.47. The van der Waals surface area contributed by atoms with Gasteiger partial charge in [0.05, 0.1) is 5.54 Å². The van der Waals surface area contributed by atoms with Crippen LogP contribution in [0, 0.1) is 6.92 Å². The lowest BCUT2D eigenvalue weighted by Gasteiger charge is -2.36. The first-order valence-corrected chi connectivity index (χ1v) is 6.90. The summed E-state index contributed by atoms with van der Waals surface area (Å²) in [4.78, 5) is 4.66. The van der Waals surface area contributed by atoms with Crippen molar-refractivity contribution in [3.63, 3.8) is 0 Å². The molecule has 90 valence electrons. The second kappa shape index (κ2) is 5.25. The first-order chi connectivity index (χ1) is 7.77. The topological polar surface area (TPSA) is 34.2 Å². The van der Waals surface area contributed by atoms with Gasteiger partial charge < -0.3 is 10.1 Å². The third-order valence-electron chi connectivity index (χ3n) is 3.09. The minimum absolute atomic E-state index is 0.0766. The molecule has 16 heavy (non-hydrogen) atoms. The monoisotopic (exact) mass is 240 g/mol. The van der Waals surface area contributed by atoms with Gasteiger partial charge in [0.15, 0.2) is 0 Å². The average Bonchev–Trinajstić information content (AvgIpc) is 2.75. The van der Waals surface area contributed by atoms with Gasteiger partial charge in [0, 0.05) is 24.3 Å². The van der Waals surface area contributed by atoms with Crippen LogP contribution in [-0.4, -0.2) is 24.7 Å². The van der Waals surface area contributed by atoms with Gasteiger partial charge in [-0.3, -0.25) is 0 Å². The summed E-state index contributed by atoms with van der Waals surface area (Å²) in [5.74, 6) is 0. The van der Waals surface area contributed by atoms with Crippen molar-refractivity contribution in [1.82, 2.24) is 10.3 Å². The Balaban J connectivity index is 2.18. The molecule has 2 heterocycles. The summed E-state index contributed by atoms with van der Waals surface area (Å²) in [5.41, 5.74) is 1.21. The molecule has 0 spiro atoms. The highest BCUT2D eigenvalue weighted by atomic mass is 32.1. The lowest BCUT2D eigenvalue weighted by atomic mass is 9.90. The third-order valence-corrected chi connectivity index (χ3v) is 4.25. The van der Waals surface area contributed by atoms with Crippen LogP contribution in [0.25, 0.3) is 0 Å². The Labute approximate surface area is 101 Å². The molecule has 1 fully saturated rings. The minimum Gasteiger partial charge on any atom is -0.381 e. The molecule has 3 nitrogen and oxygen atoms in total. The maximum absolute atomic E-state index is 5.47. The Bertz CT molecular complexity index is 332. The second-order valence-corrected chi connectivity index (χ2v) is 5.27. The highest BCUT2D eigenvalue weighted by molar-refractivity contribution is 7.09. The number of aromatic nitrogens is 1. The molecule has 1 aromatic heterocycles. The number of ether oxygens (including phenoxy) is 1. The highest BCUT2D eigenvalue weighted by Gasteiger charge is 2.36. The molecular formula is C12H20N2OS. The van der Waals surface area contributed by atoms with Crippen molar-refractivity contribution < 1.29 is 4.74 Å². The van der Waals surface area contributed by atoms with E-state index in [1.54, 1.807) is 11.3 Å². The van der Waals surface area contributed by atoms with E-state index in [0.29, 0.717) is 0 Å². The van der Waals surface area contributed by atoms with E-state index in [1.165, 1.54) is 5.01 Å². The highest BCUT2D eigenvalue weighted by Crippen LogP contribution is 2.34. The van der Waals surface area contributed by atoms with Crippen molar-refractivity contribution in [1.29, 1.82) is 0 Å². The zero-order chi connectivity index (χ0) is 11.4. The number of hydrogen-bond donors (Lipinski definition) is 1. The molecular weight excluding hydrogens is 220 g/mol. The van der Waals surface area contributed by atoms with Crippen LogP contribution in [-0.2, 0) is 10.3 Å². The van der Waals surface area contributed by atoms with E-state index in [-0.39, 0.29) is 5.54 Å². The Morgan fingerprint density at radius 3 is 2.81 bits per heavy atom. The molecule has 1 aliphatic rings. The number of thiazole rings is 1. The van der Waals surface area contributed by atoms with Gasteiger partial charge in [-0.15, -0.1) is 11.3 Å². The van der Waals surface area contributed by atoms with Crippen molar-refractivity contribution in [2.24, 2.45) is 0 Å². The molecule has 4 heteroatoms. The Kier molecular flexibility index (Phi) is 3.95. The largest absolute Gasteiger partial charge is 0.381 e. The SMILES string of the molecule is CCCNC1(c2nc(C)cs2)CCOCC1. The van der Waals surface area contributed by atoms with E-state index >= 15 is 0 Å². The van der Waals surface area contributed by atoms with Crippen molar-refractivity contribution in [3.05, 3.63) is 16.1 Å². The molecule has 0 saturated carbocycles. The summed E-state index contributed by atoms with van der Waals surface area (Å²) in [6.45, 7) is 7.00. The number of nitrogens with zero attached hydrogens (tertiary/aromatic N) is 1.